The second-order valence-corrected chi connectivity index (χ2v) is 5.77. The third-order valence-corrected chi connectivity index (χ3v) is 4.68. The summed E-state index contributed by atoms with van der Waals surface area (Å²) >= 11 is 2.39. The van der Waals surface area contributed by atoms with E-state index in [1.165, 1.54) is 16.8 Å². The van der Waals surface area contributed by atoms with Crippen molar-refractivity contribution in [3.05, 3.63) is 59.7 Å². The van der Waals surface area contributed by atoms with Gasteiger partial charge in [-0.05, 0) is 23.5 Å². The molecule has 3 rings (SSSR count). The van der Waals surface area contributed by atoms with Crippen LogP contribution in [0.15, 0.2) is 53.7 Å². The van der Waals surface area contributed by atoms with Crippen molar-refractivity contribution in [2.45, 2.75) is 10.8 Å². The molecule has 0 saturated carbocycles. The molecule has 2 aliphatic rings. The largest absolute Gasteiger partial charge is 0.309 e. The number of nitrogens with one attached hydrogen (secondary N) is 1. The van der Waals surface area contributed by atoms with Crippen LogP contribution in [0.4, 0.5) is 0 Å². The smallest absolute Gasteiger partial charge is 0.0730 e. The van der Waals surface area contributed by atoms with E-state index in [2.05, 4.69) is 81.7 Å². The molecule has 1 unspecified atom stereocenters. The first-order chi connectivity index (χ1) is 9.38. The van der Waals surface area contributed by atoms with Gasteiger partial charge in [-0.2, -0.15) is 5.10 Å². The Hall–Kier alpha value is -1.10. The van der Waals surface area contributed by atoms with E-state index >= 15 is 0 Å². The van der Waals surface area contributed by atoms with E-state index in [-0.39, 0.29) is 0 Å². The van der Waals surface area contributed by atoms with E-state index in [4.69, 9.17) is 0 Å². The minimum atomic E-state index is 0.492. The van der Waals surface area contributed by atoms with Crippen LogP contribution in [-0.2, 0) is 4.43 Å². The number of halogens is 1. The monoisotopic (exact) mass is 364 g/mol. The molecule has 3 heteroatoms. The molecule has 0 fully saturated rings. The number of alkyl halides is 1. The Labute approximate surface area is 127 Å². The Morgan fingerprint density at radius 1 is 1.21 bits per heavy atom. The molecule has 1 N–H and O–H groups in total. The maximum atomic E-state index is 4.52. The standard InChI is InChI=1S/C16H17IN2/c17-10-12-6-8-14(9-7-12)16-15(11-18-19-16)13-4-2-1-3-5-13/h1-4,6-9,13,15,18H,5,10-11H2/t13-,15?/m0/s1. The van der Waals surface area contributed by atoms with E-state index < -0.39 is 0 Å². The van der Waals surface area contributed by atoms with Crippen LogP contribution in [-0.4, -0.2) is 12.3 Å². The van der Waals surface area contributed by atoms with Crippen LogP contribution < -0.4 is 5.43 Å². The van der Waals surface area contributed by atoms with Gasteiger partial charge >= 0.3 is 0 Å². The van der Waals surface area contributed by atoms with Crippen molar-refractivity contribution in [2.75, 3.05) is 6.54 Å². The van der Waals surface area contributed by atoms with Crippen molar-refractivity contribution >= 4 is 28.3 Å². The number of benzene rings is 1. The number of allylic oxidation sites excluding steroid dienone is 4. The molecular formula is C16H17IN2. The fourth-order valence-corrected chi connectivity index (χ4v) is 3.21. The molecule has 19 heavy (non-hydrogen) atoms. The summed E-state index contributed by atoms with van der Waals surface area (Å²) in [6, 6.07) is 8.82. The van der Waals surface area contributed by atoms with Crippen LogP contribution >= 0.6 is 22.6 Å². The van der Waals surface area contributed by atoms with Crippen LogP contribution in [0.25, 0.3) is 0 Å². The van der Waals surface area contributed by atoms with E-state index in [0.717, 1.165) is 17.4 Å². The summed E-state index contributed by atoms with van der Waals surface area (Å²) in [7, 11) is 0. The lowest BCUT2D eigenvalue weighted by Crippen LogP contribution is -2.25. The number of hydrazone groups is 1. The highest BCUT2D eigenvalue weighted by atomic mass is 127. The first-order valence-electron chi connectivity index (χ1n) is 6.67. The fourth-order valence-electron chi connectivity index (χ4n) is 2.70. The minimum Gasteiger partial charge on any atom is -0.309 e. The van der Waals surface area contributed by atoms with Crippen molar-refractivity contribution in [2.24, 2.45) is 16.9 Å². The van der Waals surface area contributed by atoms with Crippen molar-refractivity contribution in [1.82, 2.24) is 5.43 Å². The second kappa shape index (κ2) is 5.90. The van der Waals surface area contributed by atoms with Crippen LogP contribution in [0.1, 0.15) is 17.5 Å². The lowest BCUT2D eigenvalue weighted by molar-refractivity contribution is 0.504. The Kier molecular flexibility index (Phi) is 4.01. The molecule has 0 radical (unpaired) electrons. The molecule has 98 valence electrons. The predicted octanol–water partition coefficient (Wildman–Crippen LogP) is 3.68. The van der Waals surface area contributed by atoms with Gasteiger partial charge in [-0.3, -0.25) is 0 Å². The van der Waals surface area contributed by atoms with Crippen LogP contribution in [0.5, 0.6) is 0 Å². The average Bonchev–Trinajstić information content (AvgIpc) is 2.98. The van der Waals surface area contributed by atoms with Crippen molar-refractivity contribution in [1.29, 1.82) is 0 Å². The van der Waals surface area contributed by atoms with Gasteiger partial charge in [0, 0.05) is 16.9 Å². The molecule has 1 aliphatic heterocycles. The third kappa shape index (κ3) is 2.76. The molecule has 1 aliphatic carbocycles. The van der Waals surface area contributed by atoms with Crippen LogP contribution in [0, 0.1) is 11.8 Å². The first kappa shape index (κ1) is 12.9. The maximum absolute atomic E-state index is 4.52. The molecular weight excluding hydrogens is 347 g/mol. The third-order valence-electron chi connectivity index (χ3n) is 3.80. The van der Waals surface area contributed by atoms with Gasteiger partial charge in [0.25, 0.3) is 0 Å². The van der Waals surface area contributed by atoms with E-state index in [1.54, 1.807) is 0 Å². The average molecular weight is 364 g/mol. The molecule has 0 aromatic heterocycles. The summed E-state index contributed by atoms with van der Waals surface area (Å²) in [5, 5.41) is 4.52. The molecule has 2 nitrogen and oxygen atoms in total. The van der Waals surface area contributed by atoms with Gasteiger partial charge in [-0.1, -0.05) is 71.2 Å². The Morgan fingerprint density at radius 3 is 2.74 bits per heavy atom. The zero-order valence-electron chi connectivity index (χ0n) is 10.7. The van der Waals surface area contributed by atoms with Gasteiger partial charge in [0.05, 0.1) is 5.71 Å². The van der Waals surface area contributed by atoms with Crippen molar-refractivity contribution in [3.63, 3.8) is 0 Å². The highest BCUT2D eigenvalue weighted by Gasteiger charge is 2.29. The molecule has 1 aromatic rings. The molecule has 0 saturated heterocycles. The zero-order valence-corrected chi connectivity index (χ0v) is 12.9. The number of rotatable bonds is 3. The molecule has 0 spiro atoms. The highest BCUT2D eigenvalue weighted by Crippen LogP contribution is 2.27. The summed E-state index contributed by atoms with van der Waals surface area (Å²) in [6.45, 7) is 0.951. The number of hydrogen-bond donors (Lipinski definition) is 1. The highest BCUT2D eigenvalue weighted by molar-refractivity contribution is 14.1. The Morgan fingerprint density at radius 2 is 2.05 bits per heavy atom. The van der Waals surface area contributed by atoms with Gasteiger partial charge in [-0.15, -0.1) is 0 Å². The quantitative estimate of drug-likeness (QED) is 0.642. The lowest BCUT2D eigenvalue weighted by atomic mass is 9.82. The normalized spacial score (nSPS) is 25.2. The van der Waals surface area contributed by atoms with E-state index in [1.807, 2.05) is 0 Å². The zero-order chi connectivity index (χ0) is 13.1. The van der Waals surface area contributed by atoms with Gasteiger partial charge in [-0.25, -0.2) is 0 Å². The summed E-state index contributed by atoms with van der Waals surface area (Å²) in [5.74, 6) is 1.06. The Bertz CT molecular complexity index is 528. The van der Waals surface area contributed by atoms with Gasteiger partial charge in [0.1, 0.15) is 0 Å². The number of hydrogen-bond acceptors (Lipinski definition) is 2. The molecule has 1 heterocycles. The summed E-state index contributed by atoms with van der Waals surface area (Å²) in [6.07, 6.45) is 9.97. The van der Waals surface area contributed by atoms with Crippen molar-refractivity contribution < 1.29 is 0 Å². The van der Waals surface area contributed by atoms with E-state index in [9.17, 15) is 0 Å². The SMILES string of the molecule is ICc1ccc(C2=NNCC2[C@H]2C=CC=CC2)cc1. The molecule has 0 bridgehead atoms. The van der Waals surface area contributed by atoms with Gasteiger partial charge < -0.3 is 5.43 Å². The minimum absolute atomic E-state index is 0.492. The first-order valence-corrected chi connectivity index (χ1v) is 8.20. The number of nitrogens with zero attached hydrogens (tertiary/aromatic N) is 1. The van der Waals surface area contributed by atoms with Crippen LogP contribution in [0.3, 0.4) is 0 Å². The van der Waals surface area contributed by atoms with Gasteiger partial charge in [0.15, 0.2) is 0 Å². The van der Waals surface area contributed by atoms with E-state index in [0.29, 0.717) is 11.8 Å². The van der Waals surface area contributed by atoms with Gasteiger partial charge in [0.2, 0.25) is 0 Å². The lowest BCUT2D eigenvalue weighted by Gasteiger charge is -2.21. The molecule has 2 atom stereocenters. The summed E-state index contributed by atoms with van der Waals surface area (Å²) < 4.78 is 1.06. The molecule has 0 amide bonds. The summed E-state index contributed by atoms with van der Waals surface area (Å²) in [5.41, 5.74) is 7.01. The maximum Gasteiger partial charge on any atom is 0.0730 e. The van der Waals surface area contributed by atoms with Crippen molar-refractivity contribution in [3.8, 4) is 0 Å². The second-order valence-electron chi connectivity index (χ2n) is 5.01. The fraction of sp³-hybridized carbons (Fsp3) is 0.312. The predicted molar refractivity (Wildman–Crippen MR) is 88.6 cm³/mol. The molecule has 1 aromatic carbocycles. The Balaban J connectivity index is 1.82. The van der Waals surface area contributed by atoms with Crippen LogP contribution in [0.2, 0.25) is 0 Å². The summed E-state index contributed by atoms with van der Waals surface area (Å²) in [4.78, 5) is 0. The topological polar surface area (TPSA) is 24.4 Å².